The number of halogens is 1. The van der Waals surface area contributed by atoms with E-state index in [-0.39, 0.29) is 11.7 Å². The fraction of sp³-hybridized carbons (Fsp3) is 0.364. The highest BCUT2D eigenvalue weighted by molar-refractivity contribution is 14.1. The number of hydrogen-bond donors (Lipinski definition) is 2. The molecule has 0 heterocycles. The number of rotatable bonds is 4. The molecule has 1 aromatic rings. The fourth-order valence-electron chi connectivity index (χ4n) is 1.25. The molecular formula is C11H15IN2O2. The third-order valence-corrected chi connectivity index (χ3v) is 3.15. The van der Waals surface area contributed by atoms with Crippen molar-refractivity contribution in [1.82, 2.24) is 10.2 Å². The van der Waals surface area contributed by atoms with Gasteiger partial charge in [0.2, 0.25) is 0 Å². The van der Waals surface area contributed by atoms with Crippen LogP contribution in [-0.2, 0) is 0 Å². The van der Waals surface area contributed by atoms with Crippen molar-refractivity contribution in [2.45, 2.75) is 0 Å². The average Bonchev–Trinajstić information content (AvgIpc) is 2.28. The van der Waals surface area contributed by atoms with Crippen LogP contribution in [0.2, 0.25) is 0 Å². The Morgan fingerprint density at radius 2 is 2.25 bits per heavy atom. The zero-order chi connectivity index (χ0) is 12.1. The summed E-state index contributed by atoms with van der Waals surface area (Å²) in [6.07, 6.45) is 0. The van der Waals surface area contributed by atoms with E-state index in [9.17, 15) is 9.90 Å². The predicted molar refractivity (Wildman–Crippen MR) is 71.7 cm³/mol. The highest BCUT2D eigenvalue weighted by atomic mass is 127. The molecular weight excluding hydrogens is 319 g/mol. The van der Waals surface area contributed by atoms with Gasteiger partial charge in [-0.05, 0) is 47.8 Å². The summed E-state index contributed by atoms with van der Waals surface area (Å²) in [7, 11) is 3.59. The van der Waals surface area contributed by atoms with Gasteiger partial charge in [0.1, 0.15) is 5.75 Å². The number of carbonyl (C=O) groups excluding carboxylic acids is 1. The van der Waals surface area contributed by atoms with Gasteiger partial charge in [-0.3, -0.25) is 4.79 Å². The lowest BCUT2D eigenvalue weighted by Crippen LogP contribution is -2.32. The van der Waals surface area contributed by atoms with Gasteiger partial charge in [-0.2, -0.15) is 0 Å². The van der Waals surface area contributed by atoms with Crippen LogP contribution in [0.25, 0.3) is 0 Å². The van der Waals surface area contributed by atoms with Crippen LogP contribution in [0.4, 0.5) is 0 Å². The first-order chi connectivity index (χ1) is 7.56. The second-order valence-electron chi connectivity index (χ2n) is 3.50. The van der Waals surface area contributed by atoms with Gasteiger partial charge >= 0.3 is 0 Å². The quantitative estimate of drug-likeness (QED) is 0.816. The standard InChI is InChI=1S/C11H15IN2O2/c1-13-5-6-14(2)11(16)8-3-4-9(12)10(15)7-8/h3-4,7,13,15H,5-6H2,1-2H3. The summed E-state index contributed by atoms with van der Waals surface area (Å²) >= 11 is 2.02. The second-order valence-corrected chi connectivity index (χ2v) is 4.66. The highest BCUT2D eigenvalue weighted by Gasteiger charge is 2.12. The summed E-state index contributed by atoms with van der Waals surface area (Å²) in [5, 5.41) is 12.5. The number of aromatic hydroxyl groups is 1. The molecule has 0 atom stereocenters. The highest BCUT2D eigenvalue weighted by Crippen LogP contribution is 2.20. The van der Waals surface area contributed by atoms with E-state index in [4.69, 9.17) is 0 Å². The minimum atomic E-state index is -0.0815. The molecule has 5 heteroatoms. The summed E-state index contributed by atoms with van der Waals surface area (Å²) < 4.78 is 0.743. The zero-order valence-corrected chi connectivity index (χ0v) is 11.5. The van der Waals surface area contributed by atoms with Gasteiger partial charge in [0, 0.05) is 25.7 Å². The Bertz CT molecular complexity index is 382. The number of benzene rings is 1. The van der Waals surface area contributed by atoms with Crippen molar-refractivity contribution in [3.05, 3.63) is 27.3 Å². The first-order valence-electron chi connectivity index (χ1n) is 4.95. The Labute approximate surface area is 109 Å². The molecule has 88 valence electrons. The monoisotopic (exact) mass is 334 g/mol. The molecule has 2 N–H and O–H groups in total. The molecule has 4 nitrogen and oxygen atoms in total. The van der Waals surface area contributed by atoms with Crippen LogP contribution in [0.5, 0.6) is 5.75 Å². The first-order valence-corrected chi connectivity index (χ1v) is 6.02. The molecule has 0 saturated heterocycles. The molecule has 0 aliphatic heterocycles. The van der Waals surface area contributed by atoms with Crippen LogP contribution in [0.1, 0.15) is 10.4 Å². The number of hydrogen-bond acceptors (Lipinski definition) is 3. The lowest BCUT2D eigenvalue weighted by Gasteiger charge is -2.17. The summed E-state index contributed by atoms with van der Waals surface area (Å²) in [5.41, 5.74) is 0.511. The van der Waals surface area contributed by atoms with E-state index >= 15 is 0 Å². The Morgan fingerprint density at radius 3 is 2.81 bits per heavy atom. The van der Waals surface area contributed by atoms with E-state index in [2.05, 4.69) is 5.32 Å². The summed E-state index contributed by atoms with van der Waals surface area (Å²) in [6, 6.07) is 4.95. The van der Waals surface area contributed by atoms with Crippen LogP contribution in [0, 0.1) is 3.57 Å². The molecule has 1 aromatic carbocycles. The topological polar surface area (TPSA) is 52.6 Å². The Balaban J connectivity index is 2.76. The number of likely N-dealkylation sites (N-methyl/N-ethyl adjacent to an activating group) is 2. The molecule has 16 heavy (non-hydrogen) atoms. The summed E-state index contributed by atoms with van der Waals surface area (Å²) in [6.45, 7) is 1.39. The van der Waals surface area contributed by atoms with Crippen molar-refractivity contribution in [3.63, 3.8) is 0 Å². The van der Waals surface area contributed by atoms with Gasteiger partial charge in [-0.15, -0.1) is 0 Å². The number of phenolic OH excluding ortho intramolecular Hbond substituents is 1. The van der Waals surface area contributed by atoms with Crippen LogP contribution in [0.15, 0.2) is 18.2 Å². The van der Waals surface area contributed by atoms with Gasteiger partial charge in [0.25, 0.3) is 5.91 Å². The lowest BCUT2D eigenvalue weighted by atomic mass is 10.2. The number of nitrogens with zero attached hydrogens (tertiary/aromatic N) is 1. The van der Waals surface area contributed by atoms with Gasteiger partial charge in [0.15, 0.2) is 0 Å². The van der Waals surface area contributed by atoms with Gasteiger partial charge in [-0.25, -0.2) is 0 Å². The fourth-order valence-corrected chi connectivity index (χ4v) is 1.58. The number of nitrogens with one attached hydrogen (secondary N) is 1. The molecule has 1 rings (SSSR count). The number of amides is 1. The lowest BCUT2D eigenvalue weighted by molar-refractivity contribution is 0.0796. The smallest absolute Gasteiger partial charge is 0.253 e. The SMILES string of the molecule is CNCCN(C)C(=O)c1ccc(I)c(O)c1. The second kappa shape index (κ2) is 6.05. The van der Waals surface area contributed by atoms with Crippen molar-refractivity contribution in [1.29, 1.82) is 0 Å². The Kier molecular flexibility index (Phi) is 5.01. The molecule has 0 fully saturated rings. The zero-order valence-electron chi connectivity index (χ0n) is 9.33. The molecule has 0 spiro atoms. The molecule has 0 saturated carbocycles. The van der Waals surface area contributed by atoms with E-state index < -0.39 is 0 Å². The van der Waals surface area contributed by atoms with Crippen molar-refractivity contribution < 1.29 is 9.90 Å². The minimum Gasteiger partial charge on any atom is -0.507 e. The molecule has 0 aromatic heterocycles. The maximum atomic E-state index is 11.9. The average molecular weight is 334 g/mol. The van der Waals surface area contributed by atoms with Crippen LogP contribution in [-0.4, -0.2) is 43.1 Å². The minimum absolute atomic E-state index is 0.0815. The van der Waals surface area contributed by atoms with E-state index in [1.54, 1.807) is 24.1 Å². The molecule has 1 amide bonds. The van der Waals surface area contributed by atoms with Crippen molar-refractivity contribution in [2.75, 3.05) is 27.2 Å². The van der Waals surface area contributed by atoms with Crippen molar-refractivity contribution in [3.8, 4) is 5.75 Å². The largest absolute Gasteiger partial charge is 0.507 e. The molecule has 0 aliphatic rings. The molecule has 0 aliphatic carbocycles. The van der Waals surface area contributed by atoms with E-state index in [0.717, 1.165) is 10.1 Å². The van der Waals surface area contributed by atoms with Gasteiger partial charge < -0.3 is 15.3 Å². The normalized spacial score (nSPS) is 10.2. The molecule has 0 bridgehead atoms. The van der Waals surface area contributed by atoms with Gasteiger partial charge in [0.05, 0.1) is 3.57 Å². The third kappa shape index (κ3) is 3.34. The van der Waals surface area contributed by atoms with E-state index in [0.29, 0.717) is 12.1 Å². The Morgan fingerprint density at radius 1 is 1.56 bits per heavy atom. The van der Waals surface area contributed by atoms with Gasteiger partial charge in [-0.1, -0.05) is 0 Å². The van der Waals surface area contributed by atoms with E-state index in [1.807, 2.05) is 29.6 Å². The Hall–Kier alpha value is -0.820. The summed E-state index contributed by atoms with van der Waals surface area (Å²) in [4.78, 5) is 13.5. The predicted octanol–water partition coefficient (Wildman–Crippen LogP) is 1.29. The number of phenols is 1. The van der Waals surface area contributed by atoms with Crippen LogP contribution < -0.4 is 5.32 Å². The van der Waals surface area contributed by atoms with E-state index in [1.165, 1.54) is 6.07 Å². The summed E-state index contributed by atoms with van der Waals surface area (Å²) in [5.74, 6) is 0.0652. The maximum Gasteiger partial charge on any atom is 0.253 e. The van der Waals surface area contributed by atoms with Crippen molar-refractivity contribution >= 4 is 28.5 Å². The third-order valence-electron chi connectivity index (χ3n) is 2.24. The first kappa shape index (κ1) is 13.2. The number of carbonyl (C=O) groups is 1. The van der Waals surface area contributed by atoms with Crippen LogP contribution in [0.3, 0.4) is 0 Å². The van der Waals surface area contributed by atoms with Crippen LogP contribution >= 0.6 is 22.6 Å². The van der Waals surface area contributed by atoms with Crippen molar-refractivity contribution in [2.24, 2.45) is 0 Å². The molecule has 0 radical (unpaired) electrons. The molecule has 0 unspecified atom stereocenters. The maximum absolute atomic E-state index is 11.9.